The van der Waals surface area contributed by atoms with E-state index < -0.39 is 12.1 Å². The Kier molecular flexibility index (Phi) is 6.91. The number of carbonyl (C=O) groups excluding carboxylic acids is 2. The lowest BCUT2D eigenvalue weighted by Crippen LogP contribution is -2.24. The van der Waals surface area contributed by atoms with Gasteiger partial charge in [0.05, 0.1) is 19.3 Å². The zero-order valence-electron chi connectivity index (χ0n) is 18.3. The molecule has 0 aliphatic rings. The smallest absolute Gasteiger partial charge is 0.346 e. The van der Waals surface area contributed by atoms with Gasteiger partial charge in [-0.2, -0.15) is 0 Å². The molecule has 0 spiro atoms. The number of ether oxygens (including phenoxy) is 3. The van der Waals surface area contributed by atoms with Crippen molar-refractivity contribution in [2.45, 2.75) is 40.3 Å². The van der Waals surface area contributed by atoms with Gasteiger partial charge in [0, 0.05) is 28.2 Å². The molecular weight excluding hydrogens is 418 g/mol. The van der Waals surface area contributed by atoms with Crippen molar-refractivity contribution < 1.29 is 23.8 Å². The number of methoxy groups -OCH3 is 1. The van der Waals surface area contributed by atoms with E-state index in [0.717, 1.165) is 27.7 Å². The maximum atomic E-state index is 12.1. The number of aromatic nitrogens is 1. The van der Waals surface area contributed by atoms with Gasteiger partial charge in [-0.05, 0) is 69.2 Å². The molecule has 0 amide bonds. The standard InChI is InChI=1S/C24H26ClNO5/c1-6-30-24(28)17-8-10-22-20(11-17)14(2)15(3)26(22)13-18-7-9-19(12-21(18)25)31-16(4)23(27)29-5/h7-12,16H,6,13H2,1-5H3. The molecule has 0 aliphatic carbocycles. The number of esters is 2. The maximum absolute atomic E-state index is 12.1. The predicted octanol–water partition coefficient (Wildman–Crippen LogP) is 5.08. The van der Waals surface area contributed by atoms with E-state index in [2.05, 4.69) is 9.30 Å². The van der Waals surface area contributed by atoms with Crippen molar-refractivity contribution >= 4 is 34.4 Å². The summed E-state index contributed by atoms with van der Waals surface area (Å²) in [6.07, 6.45) is -0.723. The molecule has 1 heterocycles. The number of fused-ring (bicyclic) bond motifs is 1. The van der Waals surface area contributed by atoms with Gasteiger partial charge in [-0.15, -0.1) is 0 Å². The van der Waals surface area contributed by atoms with Crippen molar-refractivity contribution in [3.63, 3.8) is 0 Å². The number of nitrogens with zero attached hydrogens (tertiary/aromatic N) is 1. The van der Waals surface area contributed by atoms with Crippen LogP contribution in [-0.2, 0) is 20.8 Å². The summed E-state index contributed by atoms with van der Waals surface area (Å²) in [5, 5.41) is 1.54. The Hall–Kier alpha value is -2.99. The van der Waals surface area contributed by atoms with Crippen molar-refractivity contribution in [2.24, 2.45) is 0 Å². The molecule has 2 aromatic carbocycles. The minimum atomic E-state index is -0.723. The molecule has 0 saturated carbocycles. The molecule has 0 fully saturated rings. The highest BCUT2D eigenvalue weighted by atomic mass is 35.5. The Morgan fingerprint density at radius 2 is 1.87 bits per heavy atom. The van der Waals surface area contributed by atoms with Crippen molar-refractivity contribution in [3.05, 3.63) is 63.8 Å². The highest BCUT2D eigenvalue weighted by molar-refractivity contribution is 6.31. The Morgan fingerprint density at radius 1 is 1.13 bits per heavy atom. The number of aryl methyl sites for hydroxylation is 1. The van der Waals surface area contributed by atoms with Crippen molar-refractivity contribution in [3.8, 4) is 5.75 Å². The second-order valence-corrected chi connectivity index (χ2v) is 7.69. The fourth-order valence-corrected chi connectivity index (χ4v) is 3.74. The quantitative estimate of drug-likeness (QED) is 0.476. The molecule has 31 heavy (non-hydrogen) atoms. The third-order valence-corrected chi connectivity index (χ3v) is 5.70. The molecule has 0 aliphatic heterocycles. The van der Waals surface area contributed by atoms with Gasteiger partial charge >= 0.3 is 11.9 Å². The zero-order valence-corrected chi connectivity index (χ0v) is 19.1. The van der Waals surface area contributed by atoms with E-state index in [1.807, 2.05) is 32.0 Å². The largest absolute Gasteiger partial charge is 0.479 e. The fraction of sp³-hybridized carbons (Fsp3) is 0.333. The van der Waals surface area contributed by atoms with E-state index in [0.29, 0.717) is 29.5 Å². The van der Waals surface area contributed by atoms with E-state index >= 15 is 0 Å². The van der Waals surface area contributed by atoms with Crippen LogP contribution in [0, 0.1) is 13.8 Å². The van der Waals surface area contributed by atoms with E-state index in [4.69, 9.17) is 21.1 Å². The lowest BCUT2D eigenvalue weighted by atomic mass is 10.1. The average Bonchev–Trinajstić information content (AvgIpc) is 2.99. The topological polar surface area (TPSA) is 66.8 Å². The molecule has 7 heteroatoms. The van der Waals surface area contributed by atoms with Gasteiger partial charge in [-0.1, -0.05) is 17.7 Å². The lowest BCUT2D eigenvalue weighted by molar-refractivity contribution is -0.147. The molecule has 0 radical (unpaired) electrons. The predicted molar refractivity (Wildman–Crippen MR) is 120 cm³/mol. The Morgan fingerprint density at radius 3 is 2.52 bits per heavy atom. The molecule has 1 aromatic heterocycles. The van der Waals surface area contributed by atoms with Crippen LogP contribution in [0.2, 0.25) is 5.02 Å². The van der Waals surface area contributed by atoms with Crippen LogP contribution in [0.4, 0.5) is 0 Å². The van der Waals surface area contributed by atoms with Crippen molar-refractivity contribution in [1.29, 1.82) is 0 Å². The third kappa shape index (κ3) is 4.69. The SMILES string of the molecule is CCOC(=O)c1ccc2c(c1)c(C)c(C)n2Cc1ccc(OC(C)C(=O)OC)cc1Cl. The minimum Gasteiger partial charge on any atom is -0.479 e. The van der Waals surface area contributed by atoms with Gasteiger partial charge in [-0.3, -0.25) is 0 Å². The molecule has 1 unspecified atom stereocenters. The summed E-state index contributed by atoms with van der Waals surface area (Å²) in [7, 11) is 1.32. The highest BCUT2D eigenvalue weighted by Crippen LogP contribution is 2.30. The van der Waals surface area contributed by atoms with Gasteiger partial charge in [0.1, 0.15) is 5.75 Å². The van der Waals surface area contributed by atoms with Crippen LogP contribution >= 0.6 is 11.6 Å². The van der Waals surface area contributed by atoms with E-state index in [9.17, 15) is 9.59 Å². The molecule has 0 bridgehead atoms. The molecule has 3 rings (SSSR count). The normalized spacial score (nSPS) is 11.9. The number of carbonyl (C=O) groups is 2. The number of hydrogen-bond acceptors (Lipinski definition) is 5. The summed E-state index contributed by atoms with van der Waals surface area (Å²) < 4.78 is 17.6. The first kappa shape index (κ1) is 22.7. The fourth-order valence-electron chi connectivity index (χ4n) is 3.51. The second-order valence-electron chi connectivity index (χ2n) is 7.29. The van der Waals surface area contributed by atoms with Crippen LogP contribution in [0.5, 0.6) is 5.75 Å². The summed E-state index contributed by atoms with van der Waals surface area (Å²) in [4.78, 5) is 23.7. The van der Waals surface area contributed by atoms with E-state index in [1.54, 1.807) is 32.0 Å². The van der Waals surface area contributed by atoms with E-state index in [1.165, 1.54) is 7.11 Å². The van der Waals surface area contributed by atoms with Gasteiger partial charge in [-0.25, -0.2) is 9.59 Å². The number of benzene rings is 2. The summed E-state index contributed by atoms with van der Waals surface area (Å²) in [5.41, 5.74) is 4.65. The Balaban J connectivity index is 1.90. The molecule has 0 N–H and O–H groups in total. The van der Waals surface area contributed by atoms with Gasteiger partial charge < -0.3 is 18.8 Å². The summed E-state index contributed by atoms with van der Waals surface area (Å²) >= 11 is 6.52. The molecule has 0 saturated heterocycles. The highest BCUT2D eigenvalue weighted by Gasteiger charge is 2.17. The van der Waals surface area contributed by atoms with Crippen LogP contribution in [-0.4, -0.2) is 36.3 Å². The maximum Gasteiger partial charge on any atom is 0.346 e. The molecule has 6 nitrogen and oxygen atoms in total. The minimum absolute atomic E-state index is 0.325. The second kappa shape index (κ2) is 9.43. The van der Waals surface area contributed by atoms with Crippen LogP contribution in [0.3, 0.4) is 0 Å². The van der Waals surface area contributed by atoms with Crippen molar-refractivity contribution in [1.82, 2.24) is 4.57 Å². The summed E-state index contributed by atoms with van der Waals surface area (Å²) in [6, 6.07) is 11.0. The number of rotatable bonds is 7. The van der Waals surface area contributed by atoms with Gasteiger partial charge in [0.2, 0.25) is 0 Å². The number of halogens is 1. The van der Waals surface area contributed by atoms with E-state index in [-0.39, 0.29) is 5.97 Å². The van der Waals surface area contributed by atoms with Crippen LogP contribution in [0.15, 0.2) is 36.4 Å². The number of hydrogen-bond donors (Lipinski definition) is 0. The molecular formula is C24H26ClNO5. The van der Waals surface area contributed by atoms with Crippen LogP contribution in [0.25, 0.3) is 10.9 Å². The van der Waals surface area contributed by atoms with Crippen LogP contribution < -0.4 is 4.74 Å². The summed E-state index contributed by atoms with van der Waals surface area (Å²) in [5.74, 6) is -0.280. The van der Waals surface area contributed by atoms with Gasteiger partial charge in [0.25, 0.3) is 0 Å². The zero-order chi connectivity index (χ0) is 22.7. The third-order valence-electron chi connectivity index (χ3n) is 5.35. The first-order valence-electron chi connectivity index (χ1n) is 10.1. The Labute approximate surface area is 186 Å². The first-order chi connectivity index (χ1) is 14.8. The van der Waals surface area contributed by atoms with Gasteiger partial charge in [0.15, 0.2) is 6.10 Å². The van der Waals surface area contributed by atoms with Crippen LogP contribution in [0.1, 0.15) is 41.0 Å². The first-order valence-corrected chi connectivity index (χ1v) is 10.4. The lowest BCUT2D eigenvalue weighted by Gasteiger charge is -2.15. The summed E-state index contributed by atoms with van der Waals surface area (Å²) in [6.45, 7) is 8.39. The Bertz CT molecular complexity index is 1130. The molecule has 1 atom stereocenters. The molecule has 3 aromatic rings. The van der Waals surface area contributed by atoms with Crippen molar-refractivity contribution in [2.75, 3.05) is 13.7 Å². The monoisotopic (exact) mass is 443 g/mol. The molecule has 164 valence electrons. The average molecular weight is 444 g/mol.